The molecule has 13 heavy (non-hydrogen) atoms. The highest BCUT2D eigenvalue weighted by Crippen LogP contribution is 2.13. The van der Waals surface area contributed by atoms with Crippen LogP contribution in [-0.2, 0) is 6.42 Å². The molecule has 0 atom stereocenters. The van der Waals surface area contributed by atoms with E-state index in [1.807, 2.05) is 0 Å². The number of hydrogen-bond acceptors (Lipinski definition) is 4. The van der Waals surface area contributed by atoms with Crippen LogP contribution >= 0.6 is 0 Å². The highest BCUT2D eigenvalue weighted by Gasteiger charge is 2.08. The number of oxazole rings is 1. The second kappa shape index (κ2) is 4.87. The summed E-state index contributed by atoms with van der Waals surface area (Å²) in [4.78, 5) is 6.25. The van der Waals surface area contributed by atoms with E-state index in [1.54, 1.807) is 6.20 Å². The number of anilines is 1. The summed E-state index contributed by atoms with van der Waals surface area (Å²) in [6, 6.07) is 0.702. The predicted molar refractivity (Wildman–Crippen MR) is 52.8 cm³/mol. The smallest absolute Gasteiger partial charge is 0.297 e. The fourth-order valence-electron chi connectivity index (χ4n) is 1.20. The van der Waals surface area contributed by atoms with E-state index in [4.69, 9.17) is 10.2 Å². The molecule has 1 aromatic heterocycles. The molecule has 1 aromatic rings. The van der Waals surface area contributed by atoms with E-state index < -0.39 is 0 Å². The summed E-state index contributed by atoms with van der Waals surface area (Å²) in [7, 11) is 0. The number of hydrogen-bond donors (Lipinski definition) is 1. The van der Waals surface area contributed by atoms with Crippen molar-refractivity contribution in [1.29, 1.82) is 0 Å². The van der Waals surface area contributed by atoms with Gasteiger partial charge in [0.25, 0.3) is 6.01 Å². The van der Waals surface area contributed by atoms with Crippen molar-refractivity contribution in [3.05, 3.63) is 12.0 Å². The Morgan fingerprint density at radius 2 is 2.15 bits per heavy atom. The molecule has 0 aliphatic carbocycles. The van der Waals surface area contributed by atoms with E-state index in [2.05, 4.69) is 23.7 Å². The largest absolute Gasteiger partial charge is 0.429 e. The summed E-state index contributed by atoms with van der Waals surface area (Å²) in [6.07, 6.45) is 2.51. The van der Waals surface area contributed by atoms with Gasteiger partial charge in [-0.25, -0.2) is 4.98 Å². The quantitative estimate of drug-likeness (QED) is 0.740. The summed E-state index contributed by atoms with van der Waals surface area (Å²) in [6.45, 7) is 6.59. The lowest BCUT2D eigenvalue weighted by Gasteiger charge is -2.14. The first kappa shape index (κ1) is 10.1. The van der Waals surface area contributed by atoms with Gasteiger partial charge >= 0.3 is 0 Å². The number of nitrogens with two attached hydrogens (primary N) is 1. The Morgan fingerprint density at radius 3 is 2.69 bits per heavy atom. The molecule has 4 nitrogen and oxygen atoms in total. The van der Waals surface area contributed by atoms with Crippen LogP contribution in [0.3, 0.4) is 0 Å². The standard InChI is InChI=1S/C9H17N3O/c1-3-12(4-2)9-11-7-8(13-9)5-6-10/h7H,3-6,10H2,1-2H3. The van der Waals surface area contributed by atoms with Gasteiger partial charge in [-0.1, -0.05) is 0 Å². The molecule has 1 rings (SSSR count). The molecular weight excluding hydrogens is 166 g/mol. The molecule has 0 amide bonds. The average Bonchev–Trinajstić information content (AvgIpc) is 2.56. The van der Waals surface area contributed by atoms with E-state index in [1.165, 1.54) is 0 Å². The van der Waals surface area contributed by atoms with Crippen LogP contribution < -0.4 is 10.6 Å². The minimum atomic E-state index is 0.604. The molecule has 0 radical (unpaired) electrons. The van der Waals surface area contributed by atoms with E-state index in [0.29, 0.717) is 12.6 Å². The fraction of sp³-hybridized carbons (Fsp3) is 0.667. The lowest BCUT2D eigenvalue weighted by atomic mass is 10.4. The van der Waals surface area contributed by atoms with Crippen molar-refractivity contribution in [2.45, 2.75) is 20.3 Å². The van der Waals surface area contributed by atoms with Crippen LogP contribution in [-0.4, -0.2) is 24.6 Å². The summed E-state index contributed by atoms with van der Waals surface area (Å²) >= 11 is 0. The fourth-order valence-corrected chi connectivity index (χ4v) is 1.20. The second-order valence-corrected chi connectivity index (χ2v) is 2.82. The summed E-state index contributed by atoms with van der Waals surface area (Å²) in [5.41, 5.74) is 5.41. The van der Waals surface area contributed by atoms with Gasteiger partial charge in [0.2, 0.25) is 0 Å². The highest BCUT2D eigenvalue weighted by atomic mass is 16.4. The summed E-state index contributed by atoms with van der Waals surface area (Å²) in [5.74, 6) is 0.865. The van der Waals surface area contributed by atoms with Crippen molar-refractivity contribution in [2.24, 2.45) is 5.73 Å². The normalized spacial score (nSPS) is 10.4. The molecule has 0 saturated carbocycles. The minimum absolute atomic E-state index is 0.604. The summed E-state index contributed by atoms with van der Waals surface area (Å²) < 4.78 is 5.50. The van der Waals surface area contributed by atoms with Crippen LogP contribution in [0.15, 0.2) is 10.6 Å². The second-order valence-electron chi connectivity index (χ2n) is 2.82. The molecule has 0 fully saturated rings. The Hall–Kier alpha value is -1.03. The molecular formula is C9H17N3O. The third-order valence-electron chi connectivity index (χ3n) is 1.97. The molecule has 0 unspecified atom stereocenters. The maximum Gasteiger partial charge on any atom is 0.297 e. The minimum Gasteiger partial charge on any atom is -0.429 e. The Balaban J connectivity index is 2.66. The predicted octanol–water partition coefficient (Wildman–Crippen LogP) is 1.02. The zero-order valence-electron chi connectivity index (χ0n) is 8.29. The van der Waals surface area contributed by atoms with Gasteiger partial charge in [-0.15, -0.1) is 0 Å². The Kier molecular flexibility index (Phi) is 3.76. The van der Waals surface area contributed by atoms with Gasteiger partial charge in [-0.05, 0) is 20.4 Å². The van der Waals surface area contributed by atoms with Gasteiger partial charge < -0.3 is 15.1 Å². The summed E-state index contributed by atoms with van der Waals surface area (Å²) in [5, 5.41) is 0. The van der Waals surface area contributed by atoms with Gasteiger partial charge in [0.1, 0.15) is 5.76 Å². The van der Waals surface area contributed by atoms with Crippen molar-refractivity contribution < 1.29 is 4.42 Å². The van der Waals surface area contributed by atoms with Gasteiger partial charge in [0, 0.05) is 19.5 Å². The lowest BCUT2D eigenvalue weighted by molar-refractivity contribution is 0.495. The third-order valence-corrected chi connectivity index (χ3v) is 1.97. The SMILES string of the molecule is CCN(CC)c1ncc(CCN)o1. The Labute approximate surface area is 78.7 Å². The topological polar surface area (TPSA) is 55.3 Å². The molecule has 4 heteroatoms. The van der Waals surface area contributed by atoms with E-state index in [0.717, 1.165) is 25.3 Å². The van der Waals surface area contributed by atoms with Crippen molar-refractivity contribution in [3.63, 3.8) is 0 Å². The first-order valence-corrected chi connectivity index (χ1v) is 4.71. The molecule has 0 saturated heterocycles. The lowest BCUT2D eigenvalue weighted by Crippen LogP contribution is -2.21. The molecule has 0 spiro atoms. The maximum atomic E-state index is 5.50. The third kappa shape index (κ3) is 2.45. The van der Waals surface area contributed by atoms with Crippen molar-refractivity contribution in [1.82, 2.24) is 4.98 Å². The van der Waals surface area contributed by atoms with Crippen LogP contribution in [0.5, 0.6) is 0 Å². The number of aromatic nitrogens is 1. The van der Waals surface area contributed by atoms with Crippen molar-refractivity contribution >= 4 is 6.01 Å². The molecule has 0 aromatic carbocycles. The highest BCUT2D eigenvalue weighted by molar-refractivity contribution is 5.25. The number of rotatable bonds is 5. The van der Waals surface area contributed by atoms with Crippen LogP contribution in [0.2, 0.25) is 0 Å². The Morgan fingerprint density at radius 1 is 1.46 bits per heavy atom. The van der Waals surface area contributed by atoms with Crippen molar-refractivity contribution in [2.75, 3.05) is 24.5 Å². The van der Waals surface area contributed by atoms with Gasteiger partial charge in [0.15, 0.2) is 0 Å². The van der Waals surface area contributed by atoms with E-state index in [-0.39, 0.29) is 0 Å². The van der Waals surface area contributed by atoms with Crippen LogP contribution in [0.4, 0.5) is 6.01 Å². The molecule has 1 heterocycles. The number of nitrogens with zero attached hydrogens (tertiary/aromatic N) is 2. The monoisotopic (exact) mass is 183 g/mol. The van der Waals surface area contributed by atoms with Crippen LogP contribution in [0.25, 0.3) is 0 Å². The zero-order chi connectivity index (χ0) is 9.68. The molecule has 0 aliphatic heterocycles. The van der Waals surface area contributed by atoms with Crippen LogP contribution in [0.1, 0.15) is 19.6 Å². The maximum absolute atomic E-state index is 5.50. The van der Waals surface area contributed by atoms with E-state index in [9.17, 15) is 0 Å². The molecule has 74 valence electrons. The van der Waals surface area contributed by atoms with Gasteiger partial charge in [-0.2, -0.15) is 0 Å². The van der Waals surface area contributed by atoms with E-state index >= 15 is 0 Å². The first-order chi connectivity index (χ1) is 6.31. The zero-order valence-corrected chi connectivity index (χ0v) is 8.29. The Bertz CT molecular complexity index is 243. The van der Waals surface area contributed by atoms with Gasteiger partial charge in [-0.3, -0.25) is 0 Å². The average molecular weight is 183 g/mol. The van der Waals surface area contributed by atoms with Crippen molar-refractivity contribution in [3.8, 4) is 0 Å². The molecule has 0 bridgehead atoms. The van der Waals surface area contributed by atoms with Crippen LogP contribution in [0, 0.1) is 0 Å². The first-order valence-electron chi connectivity index (χ1n) is 4.71. The molecule has 2 N–H and O–H groups in total. The molecule has 0 aliphatic rings. The van der Waals surface area contributed by atoms with Gasteiger partial charge in [0.05, 0.1) is 6.20 Å².